The monoisotopic (exact) mass is 360 g/mol. The van der Waals surface area contributed by atoms with Crippen molar-refractivity contribution in [1.82, 2.24) is 4.98 Å². The maximum absolute atomic E-state index is 12.1. The molecule has 0 aliphatic heterocycles. The Balaban J connectivity index is 1.93. The summed E-state index contributed by atoms with van der Waals surface area (Å²) in [6, 6.07) is 6.30. The molecule has 1 aromatic heterocycles. The number of nitrogens with two attached hydrogens (primary N) is 1. The standard InChI is InChI=1S/C17H20N4O3S/c1-17(2,3)15(24)21-16-20-12(9-25-16)8-13(22)19-11-6-4-10(5-7-11)14(18)23/h4-7,9H,8H2,1-3H3,(H2,18,23)(H,19,22)(H,20,21,24). The molecule has 0 aliphatic rings. The van der Waals surface area contributed by atoms with Gasteiger partial charge in [0, 0.05) is 22.0 Å². The summed E-state index contributed by atoms with van der Waals surface area (Å²) in [6.45, 7) is 5.44. The normalized spacial score (nSPS) is 11.0. The number of nitrogens with one attached hydrogen (secondary N) is 2. The Morgan fingerprint density at radius 3 is 2.32 bits per heavy atom. The van der Waals surface area contributed by atoms with Gasteiger partial charge in [0.15, 0.2) is 5.13 Å². The van der Waals surface area contributed by atoms with Crippen LogP contribution in [0.5, 0.6) is 0 Å². The summed E-state index contributed by atoms with van der Waals surface area (Å²) in [4.78, 5) is 39.3. The second-order valence-electron chi connectivity index (χ2n) is 6.51. The first kappa shape index (κ1) is 18.6. The molecule has 0 saturated heterocycles. The summed E-state index contributed by atoms with van der Waals surface area (Å²) in [5, 5.41) is 7.65. The van der Waals surface area contributed by atoms with Crippen LogP contribution in [0, 0.1) is 5.41 Å². The second kappa shape index (κ2) is 7.43. The van der Waals surface area contributed by atoms with Gasteiger partial charge in [-0.3, -0.25) is 14.4 Å². The van der Waals surface area contributed by atoms with Gasteiger partial charge in [0.1, 0.15) is 0 Å². The minimum atomic E-state index is -0.523. The number of aromatic nitrogens is 1. The van der Waals surface area contributed by atoms with Crippen LogP contribution in [0.3, 0.4) is 0 Å². The lowest BCUT2D eigenvalue weighted by molar-refractivity contribution is -0.123. The van der Waals surface area contributed by atoms with Crippen molar-refractivity contribution in [3.05, 3.63) is 40.9 Å². The number of nitrogens with zero attached hydrogens (tertiary/aromatic N) is 1. The highest BCUT2D eigenvalue weighted by atomic mass is 32.1. The Hall–Kier alpha value is -2.74. The van der Waals surface area contributed by atoms with E-state index in [1.807, 2.05) is 20.8 Å². The van der Waals surface area contributed by atoms with Crippen molar-refractivity contribution in [3.8, 4) is 0 Å². The van der Waals surface area contributed by atoms with Crippen molar-refractivity contribution in [2.45, 2.75) is 27.2 Å². The number of amides is 3. The van der Waals surface area contributed by atoms with Crippen LogP contribution >= 0.6 is 11.3 Å². The zero-order valence-electron chi connectivity index (χ0n) is 14.3. The highest BCUT2D eigenvalue weighted by molar-refractivity contribution is 7.13. The first-order valence-corrected chi connectivity index (χ1v) is 8.48. The fraction of sp³-hybridized carbons (Fsp3) is 0.294. The van der Waals surface area contributed by atoms with E-state index in [9.17, 15) is 14.4 Å². The molecule has 3 amide bonds. The fourth-order valence-electron chi connectivity index (χ4n) is 1.82. The molecule has 0 unspecified atom stereocenters. The molecule has 25 heavy (non-hydrogen) atoms. The van der Waals surface area contributed by atoms with Crippen LogP contribution in [0.1, 0.15) is 36.8 Å². The third-order valence-electron chi connectivity index (χ3n) is 3.25. The van der Waals surface area contributed by atoms with Gasteiger partial charge in [-0.05, 0) is 24.3 Å². The Bertz CT molecular complexity index is 791. The number of carbonyl (C=O) groups is 3. The van der Waals surface area contributed by atoms with Crippen LogP contribution in [0.2, 0.25) is 0 Å². The summed E-state index contributed by atoms with van der Waals surface area (Å²) >= 11 is 1.27. The number of anilines is 2. The number of thiazole rings is 1. The van der Waals surface area contributed by atoms with Gasteiger partial charge in [-0.15, -0.1) is 11.3 Å². The highest BCUT2D eigenvalue weighted by Gasteiger charge is 2.22. The van der Waals surface area contributed by atoms with E-state index < -0.39 is 11.3 Å². The van der Waals surface area contributed by atoms with Crippen molar-refractivity contribution in [1.29, 1.82) is 0 Å². The lowest BCUT2D eigenvalue weighted by Gasteiger charge is -2.15. The van der Waals surface area contributed by atoms with Crippen molar-refractivity contribution in [2.75, 3.05) is 10.6 Å². The Morgan fingerprint density at radius 1 is 1.12 bits per heavy atom. The van der Waals surface area contributed by atoms with E-state index in [1.165, 1.54) is 11.3 Å². The van der Waals surface area contributed by atoms with E-state index in [1.54, 1.807) is 29.6 Å². The molecule has 0 fully saturated rings. The maximum Gasteiger partial charge on any atom is 0.248 e. The number of carbonyl (C=O) groups excluding carboxylic acids is 3. The number of benzene rings is 1. The van der Waals surface area contributed by atoms with E-state index in [-0.39, 0.29) is 18.2 Å². The van der Waals surface area contributed by atoms with Crippen LogP contribution in [-0.2, 0) is 16.0 Å². The molecule has 0 radical (unpaired) electrons. The summed E-state index contributed by atoms with van der Waals surface area (Å²) in [5.41, 5.74) is 6.16. The summed E-state index contributed by atoms with van der Waals surface area (Å²) in [6.07, 6.45) is 0.0828. The number of hydrogen-bond acceptors (Lipinski definition) is 5. The molecule has 1 heterocycles. The van der Waals surface area contributed by atoms with Crippen LogP contribution in [0.25, 0.3) is 0 Å². The highest BCUT2D eigenvalue weighted by Crippen LogP contribution is 2.21. The Morgan fingerprint density at radius 2 is 1.76 bits per heavy atom. The third kappa shape index (κ3) is 5.39. The van der Waals surface area contributed by atoms with Crippen LogP contribution in [0.15, 0.2) is 29.6 Å². The van der Waals surface area contributed by atoms with Gasteiger partial charge in [0.2, 0.25) is 17.7 Å². The van der Waals surface area contributed by atoms with E-state index in [0.29, 0.717) is 22.1 Å². The first-order chi connectivity index (χ1) is 11.6. The molecule has 0 atom stereocenters. The molecule has 0 saturated carbocycles. The number of hydrogen-bond donors (Lipinski definition) is 3. The average molecular weight is 360 g/mol. The van der Waals surface area contributed by atoms with Crippen LogP contribution in [-0.4, -0.2) is 22.7 Å². The molecular formula is C17H20N4O3S. The number of rotatable bonds is 5. The van der Waals surface area contributed by atoms with Crippen molar-refractivity contribution < 1.29 is 14.4 Å². The molecule has 8 heteroatoms. The van der Waals surface area contributed by atoms with Gasteiger partial charge >= 0.3 is 0 Å². The van der Waals surface area contributed by atoms with Crippen molar-refractivity contribution in [3.63, 3.8) is 0 Å². The van der Waals surface area contributed by atoms with Gasteiger partial charge < -0.3 is 16.4 Å². The lowest BCUT2D eigenvalue weighted by Crippen LogP contribution is -2.27. The van der Waals surface area contributed by atoms with Gasteiger partial charge in [-0.1, -0.05) is 20.8 Å². The molecule has 1 aromatic carbocycles. The third-order valence-corrected chi connectivity index (χ3v) is 4.05. The van der Waals surface area contributed by atoms with E-state index in [0.717, 1.165) is 0 Å². The largest absolute Gasteiger partial charge is 0.366 e. The molecule has 0 spiro atoms. The van der Waals surface area contributed by atoms with Gasteiger partial charge in [-0.25, -0.2) is 4.98 Å². The molecule has 2 rings (SSSR count). The molecule has 7 nitrogen and oxygen atoms in total. The second-order valence-corrected chi connectivity index (χ2v) is 7.37. The number of primary amides is 1. The molecule has 0 aliphatic carbocycles. The Labute approximate surface area is 149 Å². The fourth-order valence-corrected chi connectivity index (χ4v) is 2.52. The topological polar surface area (TPSA) is 114 Å². The predicted molar refractivity (Wildman–Crippen MR) is 97.5 cm³/mol. The molecule has 0 bridgehead atoms. The van der Waals surface area contributed by atoms with Gasteiger partial charge in [0.25, 0.3) is 0 Å². The molecule has 4 N–H and O–H groups in total. The predicted octanol–water partition coefficient (Wildman–Crippen LogP) is 2.41. The minimum absolute atomic E-state index is 0.0828. The quantitative estimate of drug-likeness (QED) is 0.759. The smallest absolute Gasteiger partial charge is 0.248 e. The zero-order chi connectivity index (χ0) is 18.6. The zero-order valence-corrected chi connectivity index (χ0v) is 15.1. The summed E-state index contributed by atoms with van der Waals surface area (Å²) in [7, 11) is 0. The molecular weight excluding hydrogens is 340 g/mol. The van der Waals surface area contributed by atoms with E-state index in [4.69, 9.17) is 5.73 Å². The van der Waals surface area contributed by atoms with E-state index >= 15 is 0 Å². The van der Waals surface area contributed by atoms with Gasteiger partial charge in [0.05, 0.1) is 12.1 Å². The summed E-state index contributed by atoms with van der Waals surface area (Å²) in [5.74, 6) is -0.900. The summed E-state index contributed by atoms with van der Waals surface area (Å²) < 4.78 is 0. The average Bonchev–Trinajstić information content (AvgIpc) is 2.93. The van der Waals surface area contributed by atoms with E-state index in [2.05, 4.69) is 15.6 Å². The van der Waals surface area contributed by atoms with Crippen molar-refractivity contribution >= 4 is 39.9 Å². The maximum atomic E-state index is 12.1. The SMILES string of the molecule is CC(C)(C)C(=O)Nc1nc(CC(=O)Nc2ccc(C(N)=O)cc2)cs1. The van der Waals surface area contributed by atoms with Crippen LogP contribution < -0.4 is 16.4 Å². The van der Waals surface area contributed by atoms with Gasteiger partial charge in [-0.2, -0.15) is 0 Å². The van der Waals surface area contributed by atoms with Crippen LogP contribution in [0.4, 0.5) is 10.8 Å². The minimum Gasteiger partial charge on any atom is -0.366 e. The Kier molecular flexibility index (Phi) is 5.53. The molecule has 2 aromatic rings. The van der Waals surface area contributed by atoms with Crippen molar-refractivity contribution in [2.24, 2.45) is 11.1 Å². The first-order valence-electron chi connectivity index (χ1n) is 7.61. The molecule has 132 valence electrons. The lowest BCUT2D eigenvalue weighted by atomic mass is 9.96.